The molecule has 0 saturated carbocycles. The van der Waals surface area contributed by atoms with Crippen molar-refractivity contribution >= 4 is 11.9 Å². The fourth-order valence-electron chi connectivity index (χ4n) is 1.96. The lowest BCUT2D eigenvalue weighted by molar-refractivity contribution is -0.155. The zero-order valence-electron chi connectivity index (χ0n) is 11.6. The van der Waals surface area contributed by atoms with E-state index in [2.05, 4.69) is 23.4 Å². The molecule has 0 heterocycles. The summed E-state index contributed by atoms with van der Waals surface area (Å²) < 4.78 is 4.53. The molecule has 2 aromatic carbocycles. The maximum atomic E-state index is 11.5. The Morgan fingerprint density at radius 1 is 0.905 bits per heavy atom. The molecule has 0 fully saturated rings. The monoisotopic (exact) mass is 280 g/mol. The predicted molar refractivity (Wildman–Crippen MR) is 80.7 cm³/mol. The van der Waals surface area contributed by atoms with Crippen LogP contribution in [-0.4, -0.2) is 11.9 Å². The van der Waals surface area contributed by atoms with Gasteiger partial charge in [0.1, 0.15) is 0 Å². The normalized spacial score (nSPS) is 9.90. The lowest BCUT2D eigenvalue weighted by Crippen LogP contribution is -2.12. The van der Waals surface area contributed by atoms with Gasteiger partial charge in [0.25, 0.3) is 0 Å². The number of esters is 2. The number of hydrogen-bond donors (Lipinski definition) is 0. The van der Waals surface area contributed by atoms with Crippen molar-refractivity contribution in [1.29, 1.82) is 0 Å². The number of carbonyl (C=O) groups excluding carboxylic acids is 2. The van der Waals surface area contributed by atoms with Crippen LogP contribution in [0.2, 0.25) is 0 Å². The molecule has 0 amide bonds. The molecule has 2 aromatic rings. The molecular weight excluding hydrogens is 264 g/mol. The van der Waals surface area contributed by atoms with Gasteiger partial charge in [-0.15, -0.1) is 0 Å². The summed E-state index contributed by atoms with van der Waals surface area (Å²) >= 11 is 0. The number of hydrogen-bond acceptors (Lipinski definition) is 3. The van der Waals surface area contributed by atoms with Crippen LogP contribution in [0.4, 0.5) is 0 Å². The third kappa shape index (κ3) is 4.73. The van der Waals surface area contributed by atoms with E-state index in [0.29, 0.717) is 0 Å². The predicted octanol–water partition coefficient (Wildman–Crippen LogP) is 3.08. The summed E-state index contributed by atoms with van der Waals surface area (Å²) in [5.74, 6) is -1.29. The number of rotatable bonds is 5. The molecule has 0 aliphatic carbocycles. The minimum Gasteiger partial charge on any atom is -0.390 e. The van der Waals surface area contributed by atoms with Gasteiger partial charge in [-0.2, -0.15) is 0 Å². The van der Waals surface area contributed by atoms with Crippen molar-refractivity contribution in [2.45, 2.75) is 12.8 Å². The third-order valence-electron chi connectivity index (χ3n) is 3.00. The van der Waals surface area contributed by atoms with Gasteiger partial charge >= 0.3 is 11.9 Å². The van der Waals surface area contributed by atoms with Gasteiger partial charge < -0.3 is 4.74 Å². The van der Waals surface area contributed by atoms with Gasteiger partial charge in [-0.3, -0.25) is 4.79 Å². The molecule has 0 atom stereocenters. The molecule has 0 unspecified atom stereocenters. The first-order chi connectivity index (χ1) is 10.2. The Morgan fingerprint density at radius 3 is 2.10 bits per heavy atom. The topological polar surface area (TPSA) is 43.4 Å². The van der Waals surface area contributed by atoms with E-state index in [4.69, 9.17) is 0 Å². The molecule has 2 rings (SSSR count). The van der Waals surface area contributed by atoms with E-state index in [9.17, 15) is 9.59 Å². The van der Waals surface area contributed by atoms with Crippen LogP contribution in [0.15, 0.2) is 67.3 Å². The molecule has 0 radical (unpaired) electrons. The molecule has 0 N–H and O–H groups in total. The Morgan fingerprint density at radius 2 is 1.48 bits per heavy atom. The Balaban J connectivity index is 1.94. The van der Waals surface area contributed by atoms with Crippen LogP contribution in [0.25, 0.3) is 0 Å². The highest BCUT2D eigenvalue weighted by atomic mass is 16.6. The van der Waals surface area contributed by atoms with E-state index < -0.39 is 11.9 Å². The minimum atomic E-state index is -0.722. The Hall–Kier alpha value is -2.68. The highest BCUT2D eigenvalue weighted by Crippen LogP contribution is 2.11. The smallest absolute Gasteiger partial charge is 0.337 e. The maximum absolute atomic E-state index is 11.5. The summed E-state index contributed by atoms with van der Waals surface area (Å²) in [6.45, 7) is 3.25. The molecule has 0 aromatic heterocycles. The van der Waals surface area contributed by atoms with Gasteiger partial charge in [-0.05, 0) is 23.1 Å². The van der Waals surface area contributed by atoms with E-state index in [1.54, 1.807) is 0 Å². The molecule has 3 heteroatoms. The van der Waals surface area contributed by atoms with Crippen molar-refractivity contribution < 1.29 is 14.3 Å². The van der Waals surface area contributed by atoms with Gasteiger partial charge in [-0.25, -0.2) is 4.79 Å². The first kappa shape index (κ1) is 14.7. The molecule has 0 spiro atoms. The summed E-state index contributed by atoms with van der Waals surface area (Å²) in [5.41, 5.74) is 3.22. The van der Waals surface area contributed by atoms with Crippen LogP contribution in [0.3, 0.4) is 0 Å². The summed E-state index contributed by atoms with van der Waals surface area (Å²) in [7, 11) is 0. The molecule has 0 bridgehead atoms. The Kier molecular flexibility index (Phi) is 5.04. The van der Waals surface area contributed by atoms with Crippen LogP contribution in [0.5, 0.6) is 0 Å². The Labute approximate surface area is 123 Å². The third-order valence-corrected chi connectivity index (χ3v) is 3.00. The summed E-state index contributed by atoms with van der Waals surface area (Å²) in [4.78, 5) is 22.4. The Bertz CT molecular complexity index is 627. The first-order valence-electron chi connectivity index (χ1n) is 6.66. The average molecular weight is 280 g/mol. The maximum Gasteiger partial charge on any atom is 0.337 e. The molecule has 0 saturated heterocycles. The fraction of sp³-hybridized carbons (Fsp3) is 0.111. The molecule has 0 aliphatic heterocycles. The average Bonchev–Trinajstić information content (AvgIpc) is 2.50. The SMILES string of the molecule is C=CC(=O)OC(=O)Cc1ccc(Cc2ccccc2)cc1. The van der Waals surface area contributed by atoms with E-state index in [1.165, 1.54) is 11.1 Å². The van der Waals surface area contributed by atoms with Crippen LogP contribution in [-0.2, 0) is 27.2 Å². The first-order valence-corrected chi connectivity index (χ1v) is 6.66. The zero-order chi connectivity index (χ0) is 15.1. The fourth-order valence-corrected chi connectivity index (χ4v) is 1.96. The second kappa shape index (κ2) is 7.20. The van der Waals surface area contributed by atoms with E-state index in [-0.39, 0.29) is 6.42 Å². The second-order valence-corrected chi connectivity index (χ2v) is 4.65. The van der Waals surface area contributed by atoms with E-state index >= 15 is 0 Å². The minimum absolute atomic E-state index is 0.0746. The van der Waals surface area contributed by atoms with Crippen LogP contribution in [0.1, 0.15) is 16.7 Å². The van der Waals surface area contributed by atoms with Crippen molar-refractivity contribution in [2.75, 3.05) is 0 Å². The zero-order valence-corrected chi connectivity index (χ0v) is 11.6. The summed E-state index contributed by atoms with van der Waals surface area (Å²) in [6.07, 6.45) is 1.90. The van der Waals surface area contributed by atoms with Gasteiger partial charge in [0, 0.05) is 6.08 Å². The second-order valence-electron chi connectivity index (χ2n) is 4.65. The molecule has 0 aliphatic rings. The lowest BCUT2D eigenvalue weighted by atomic mass is 10.0. The quantitative estimate of drug-likeness (QED) is 0.480. The molecule has 3 nitrogen and oxygen atoms in total. The van der Waals surface area contributed by atoms with Crippen molar-refractivity contribution in [3.8, 4) is 0 Å². The molecular formula is C18H16O3. The van der Waals surface area contributed by atoms with Crippen molar-refractivity contribution in [1.82, 2.24) is 0 Å². The highest BCUT2D eigenvalue weighted by molar-refractivity contribution is 5.92. The van der Waals surface area contributed by atoms with Crippen LogP contribution in [0, 0.1) is 0 Å². The van der Waals surface area contributed by atoms with E-state index in [1.807, 2.05) is 42.5 Å². The van der Waals surface area contributed by atoms with Crippen molar-refractivity contribution in [3.63, 3.8) is 0 Å². The van der Waals surface area contributed by atoms with Gasteiger partial charge in [-0.1, -0.05) is 61.2 Å². The van der Waals surface area contributed by atoms with Gasteiger partial charge in [0.05, 0.1) is 6.42 Å². The van der Waals surface area contributed by atoms with Gasteiger partial charge in [0.2, 0.25) is 0 Å². The standard InChI is InChI=1S/C18H16O3/c1-2-17(19)21-18(20)13-16-10-8-15(9-11-16)12-14-6-4-3-5-7-14/h2-11H,1,12-13H2. The van der Waals surface area contributed by atoms with Crippen molar-refractivity contribution in [2.24, 2.45) is 0 Å². The molecule has 106 valence electrons. The number of carbonyl (C=O) groups is 2. The van der Waals surface area contributed by atoms with E-state index in [0.717, 1.165) is 18.1 Å². The number of ether oxygens (including phenoxy) is 1. The van der Waals surface area contributed by atoms with Crippen molar-refractivity contribution in [3.05, 3.63) is 83.9 Å². The summed E-state index contributed by atoms with van der Waals surface area (Å²) in [6, 6.07) is 17.9. The number of benzene rings is 2. The largest absolute Gasteiger partial charge is 0.390 e. The summed E-state index contributed by atoms with van der Waals surface area (Å²) in [5, 5.41) is 0. The lowest BCUT2D eigenvalue weighted by Gasteiger charge is -2.04. The van der Waals surface area contributed by atoms with Crippen LogP contribution < -0.4 is 0 Å². The molecule has 21 heavy (non-hydrogen) atoms. The van der Waals surface area contributed by atoms with Crippen LogP contribution >= 0.6 is 0 Å². The van der Waals surface area contributed by atoms with Gasteiger partial charge in [0.15, 0.2) is 0 Å². The highest BCUT2D eigenvalue weighted by Gasteiger charge is 2.08.